The molecule has 2 fully saturated rings. The van der Waals surface area contributed by atoms with Crippen LogP contribution in [0.15, 0.2) is 97.1 Å². The first-order valence-corrected chi connectivity index (χ1v) is 22.7. The first-order valence-electron chi connectivity index (χ1n) is 19.2. The predicted octanol–water partition coefficient (Wildman–Crippen LogP) is 7.04. The molecule has 2 saturated heterocycles. The van der Waals surface area contributed by atoms with E-state index in [1.54, 1.807) is 23.0 Å². The smallest absolute Gasteiger partial charge is 0.264 e. The summed E-state index contributed by atoms with van der Waals surface area (Å²) < 4.78 is 12.7. The van der Waals surface area contributed by atoms with E-state index in [1.807, 2.05) is 83.8 Å². The number of anilines is 2. The number of ether oxygens (including phenoxy) is 2. The Bertz CT molecular complexity index is 2030. The molecular formula is C44H50ClN3O6Si. The number of fused-ring (bicyclic) bond motifs is 2. The molecule has 55 heavy (non-hydrogen) atoms. The number of carbonyl (C=O) groups excluding carboxylic acids is 3. The van der Waals surface area contributed by atoms with Gasteiger partial charge >= 0.3 is 0 Å². The summed E-state index contributed by atoms with van der Waals surface area (Å²) in [5, 5.41) is 11.7. The highest BCUT2D eigenvalue weighted by atomic mass is 35.5. The van der Waals surface area contributed by atoms with Crippen LogP contribution in [0.1, 0.15) is 49.3 Å². The van der Waals surface area contributed by atoms with Crippen molar-refractivity contribution in [1.29, 1.82) is 0 Å². The Morgan fingerprint density at radius 2 is 1.71 bits per heavy atom. The van der Waals surface area contributed by atoms with Crippen LogP contribution in [-0.2, 0) is 37.8 Å². The molecule has 0 saturated carbocycles. The number of rotatable bonds is 12. The molecule has 0 aliphatic carbocycles. The van der Waals surface area contributed by atoms with Gasteiger partial charge in [0.2, 0.25) is 11.8 Å². The van der Waals surface area contributed by atoms with E-state index in [-0.39, 0.29) is 48.8 Å². The van der Waals surface area contributed by atoms with Crippen molar-refractivity contribution in [2.45, 2.75) is 76.0 Å². The van der Waals surface area contributed by atoms with Gasteiger partial charge in [0, 0.05) is 48.2 Å². The maximum absolute atomic E-state index is 15.2. The van der Waals surface area contributed by atoms with Crippen LogP contribution in [-0.4, -0.2) is 68.7 Å². The molecule has 9 nitrogen and oxygen atoms in total. The molecule has 0 bridgehead atoms. The van der Waals surface area contributed by atoms with Crippen LogP contribution in [0.2, 0.25) is 23.7 Å². The summed E-state index contributed by atoms with van der Waals surface area (Å²) in [7, 11) is -0.875. The normalized spacial score (nSPS) is 22.3. The molecule has 288 valence electrons. The van der Waals surface area contributed by atoms with E-state index in [2.05, 4.69) is 32.2 Å². The minimum Gasteiger partial charge on any atom is -0.497 e. The van der Waals surface area contributed by atoms with Crippen molar-refractivity contribution < 1.29 is 29.0 Å². The van der Waals surface area contributed by atoms with E-state index >= 15 is 4.79 Å². The lowest BCUT2D eigenvalue weighted by Gasteiger charge is -2.37. The summed E-state index contributed by atoms with van der Waals surface area (Å²) in [4.78, 5) is 47.5. The number of amides is 3. The lowest BCUT2D eigenvalue weighted by molar-refractivity contribution is -0.150. The molecule has 7 rings (SSSR count). The van der Waals surface area contributed by atoms with Gasteiger partial charge in [0.15, 0.2) is 5.60 Å². The van der Waals surface area contributed by atoms with Crippen LogP contribution in [0.4, 0.5) is 11.4 Å². The summed E-state index contributed by atoms with van der Waals surface area (Å²) in [6.45, 7) is 8.04. The van der Waals surface area contributed by atoms with Gasteiger partial charge in [0.25, 0.3) is 5.91 Å². The van der Waals surface area contributed by atoms with E-state index in [0.29, 0.717) is 36.6 Å². The Morgan fingerprint density at radius 1 is 0.982 bits per heavy atom. The second kappa shape index (κ2) is 15.9. The Balaban J connectivity index is 1.25. The van der Waals surface area contributed by atoms with Gasteiger partial charge in [-0.2, -0.15) is 0 Å². The third-order valence-corrected chi connectivity index (χ3v) is 16.6. The van der Waals surface area contributed by atoms with Crippen molar-refractivity contribution >= 4 is 54.0 Å². The molecule has 3 aliphatic heterocycles. The maximum atomic E-state index is 15.2. The molecule has 4 aromatic rings. The van der Waals surface area contributed by atoms with Gasteiger partial charge in [-0.3, -0.25) is 14.4 Å². The fourth-order valence-corrected chi connectivity index (χ4v) is 13.4. The molecule has 0 radical (unpaired) electrons. The SMILES string of the molecule is COc1ccc([Si](C)(C)[C@@H]2[C@@H](CC(=O)N(CCO)Cc3ccccc3)O[C@]3(C(=O)N(Cc4ccc(N5CCCCC5=O)cc4)c4ccc(Cl)cc43)[C@H]2C)cc1. The molecule has 3 aliphatic rings. The van der Waals surface area contributed by atoms with Gasteiger partial charge in [-0.1, -0.05) is 91.4 Å². The van der Waals surface area contributed by atoms with E-state index in [4.69, 9.17) is 21.1 Å². The van der Waals surface area contributed by atoms with Crippen molar-refractivity contribution in [1.82, 2.24) is 4.90 Å². The maximum Gasteiger partial charge on any atom is 0.264 e. The summed E-state index contributed by atoms with van der Waals surface area (Å²) >= 11 is 6.71. The van der Waals surface area contributed by atoms with Gasteiger partial charge in [-0.15, -0.1) is 0 Å². The molecule has 1 N–H and O–H groups in total. The first kappa shape index (κ1) is 38.8. The van der Waals surface area contributed by atoms with Gasteiger partial charge in [0.1, 0.15) is 5.75 Å². The van der Waals surface area contributed by atoms with E-state index in [9.17, 15) is 14.7 Å². The lowest BCUT2D eigenvalue weighted by atomic mass is 9.82. The summed E-state index contributed by atoms with van der Waals surface area (Å²) in [6.07, 6.45) is 1.91. The van der Waals surface area contributed by atoms with Crippen LogP contribution in [0.25, 0.3) is 0 Å². The number of aliphatic hydroxyl groups is 1. The molecule has 3 amide bonds. The molecule has 1 spiro atoms. The van der Waals surface area contributed by atoms with Gasteiger partial charge in [0.05, 0.1) is 46.5 Å². The Morgan fingerprint density at radius 3 is 2.38 bits per heavy atom. The minimum atomic E-state index is -2.52. The first-order chi connectivity index (χ1) is 26.5. The number of aliphatic hydroxyl groups excluding tert-OH is 1. The highest BCUT2D eigenvalue weighted by Gasteiger charge is 2.66. The van der Waals surface area contributed by atoms with Crippen LogP contribution in [0.5, 0.6) is 5.75 Å². The highest BCUT2D eigenvalue weighted by Crippen LogP contribution is 2.60. The summed E-state index contributed by atoms with van der Waals surface area (Å²) in [6, 6.07) is 31.3. The molecule has 11 heteroatoms. The largest absolute Gasteiger partial charge is 0.497 e. The van der Waals surface area contributed by atoms with Crippen LogP contribution in [0.3, 0.4) is 0 Å². The number of benzene rings is 4. The lowest BCUT2D eigenvalue weighted by Crippen LogP contribution is -2.52. The number of halogens is 1. The number of hydrogen-bond donors (Lipinski definition) is 1. The van der Waals surface area contributed by atoms with Crippen molar-refractivity contribution in [2.24, 2.45) is 5.92 Å². The van der Waals surface area contributed by atoms with Crippen molar-refractivity contribution in [3.63, 3.8) is 0 Å². The average Bonchev–Trinajstić information content (AvgIpc) is 3.61. The standard InChI is InChI=1S/C44H50ClN3O6Si/c1-30-42(55(3,4)36-20-18-35(53-2)19-21-36)39(27-41(51)46(24-25-49)28-31-10-6-5-7-11-31)54-44(30)37-26-33(45)15-22-38(37)48(43(44)52)29-32-13-16-34(17-14-32)47-23-9-8-12-40(47)50/h5-7,10-11,13-22,26,30,39,42,49H,8-9,12,23-25,27-29H2,1-4H3/t30-,39+,42-,44+/m0/s1. The molecule has 0 unspecified atom stereocenters. The number of nitrogens with zero attached hydrogens (tertiary/aromatic N) is 3. The monoisotopic (exact) mass is 779 g/mol. The van der Waals surface area contributed by atoms with E-state index in [0.717, 1.165) is 41.1 Å². The second-order valence-electron chi connectivity index (χ2n) is 15.6. The number of hydrogen-bond acceptors (Lipinski definition) is 6. The molecule has 0 aromatic heterocycles. The third-order valence-electron chi connectivity index (χ3n) is 12.0. The zero-order chi connectivity index (χ0) is 38.9. The second-order valence-corrected chi connectivity index (χ2v) is 20.7. The van der Waals surface area contributed by atoms with Crippen LogP contribution in [0, 0.1) is 5.92 Å². The summed E-state index contributed by atoms with van der Waals surface area (Å²) in [5.74, 6) is 0.253. The molecule has 4 atom stereocenters. The van der Waals surface area contributed by atoms with Crippen molar-refractivity contribution in [2.75, 3.05) is 36.6 Å². The quantitative estimate of drug-likeness (QED) is 0.155. The van der Waals surface area contributed by atoms with Crippen LogP contribution < -0.4 is 19.7 Å². The summed E-state index contributed by atoms with van der Waals surface area (Å²) in [5.41, 5.74) is 2.65. The van der Waals surface area contributed by atoms with Crippen molar-refractivity contribution in [3.05, 3.63) is 119 Å². The van der Waals surface area contributed by atoms with Crippen molar-refractivity contribution in [3.8, 4) is 5.75 Å². The third kappa shape index (κ3) is 7.33. The predicted molar refractivity (Wildman–Crippen MR) is 218 cm³/mol. The topological polar surface area (TPSA) is 99.6 Å². The fourth-order valence-electron chi connectivity index (χ4n) is 9.20. The Labute approximate surface area is 329 Å². The Hall–Kier alpha value is -4.48. The van der Waals surface area contributed by atoms with E-state index < -0.39 is 19.8 Å². The fraction of sp³-hybridized carbons (Fsp3) is 0.386. The number of carbonyl (C=O) groups is 3. The minimum absolute atomic E-state index is 0.0516. The van der Waals surface area contributed by atoms with Gasteiger partial charge in [-0.25, -0.2) is 0 Å². The molecule has 3 heterocycles. The Kier molecular flexibility index (Phi) is 11.2. The van der Waals surface area contributed by atoms with Gasteiger partial charge in [-0.05, 0) is 72.0 Å². The molecule has 4 aromatic carbocycles. The number of methoxy groups -OCH3 is 1. The van der Waals surface area contributed by atoms with Gasteiger partial charge < -0.3 is 29.3 Å². The zero-order valence-electron chi connectivity index (χ0n) is 32.0. The highest BCUT2D eigenvalue weighted by molar-refractivity contribution is 6.91. The average molecular weight is 780 g/mol. The number of piperidine rings is 1. The molecular weight excluding hydrogens is 730 g/mol. The zero-order valence-corrected chi connectivity index (χ0v) is 33.8. The van der Waals surface area contributed by atoms with Crippen LogP contribution >= 0.6 is 11.6 Å². The van der Waals surface area contributed by atoms with E-state index in [1.165, 1.54) is 5.19 Å².